The zero-order valence-corrected chi connectivity index (χ0v) is 16.4. The number of hydrogen-bond donors (Lipinski definition) is 1. The average molecular weight is 403 g/mol. The van der Waals surface area contributed by atoms with E-state index in [1.54, 1.807) is 0 Å². The van der Waals surface area contributed by atoms with Crippen LogP contribution in [0.5, 0.6) is 5.75 Å². The number of benzene rings is 1. The topological polar surface area (TPSA) is 55.6 Å². The Bertz CT molecular complexity index is 630. The fourth-order valence-corrected chi connectivity index (χ4v) is 4.16. The first-order chi connectivity index (χ1) is 12.5. The first-order valence-corrected chi connectivity index (χ1v) is 9.61. The molecule has 0 radical (unpaired) electrons. The van der Waals surface area contributed by atoms with Gasteiger partial charge in [-0.05, 0) is 36.9 Å². The van der Waals surface area contributed by atoms with Gasteiger partial charge in [-0.3, -0.25) is 4.79 Å². The maximum atomic E-state index is 13.7. The van der Waals surface area contributed by atoms with E-state index < -0.39 is 11.6 Å². The van der Waals surface area contributed by atoms with E-state index in [1.165, 1.54) is 18.6 Å². The van der Waals surface area contributed by atoms with Gasteiger partial charge in [-0.25, -0.2) is 8.78 Å². The number of carbonyl (C=O) groups excluding carboxylic acids is 1. The van der Waals surface area contributed by atoms with Crippen molar-refractivity contribution in [2.24, 2.45) is 11.1 Å². The van der Waals surface area contributed by atoms with E-state index in [4.69, 9.17) is 10.5 Å². The minimum Gasteiger partial charge on any atom is -0.487 e. The number of amides is 1. The molecule has 0 aromatic heterocycles. The van der Waals surface area contributed by atoms with E-state index >= 15 is 0 Å². The Kier molecular flexibility index (Phi) is 7.86. The van der Waals surface area contributed by atoms with Gasteiger partial charge in [0.25, 0.3) is 0 Å². The lowest BCUT2D eigenvalue weighted by Gasteiger charge is -2.39. The van der Waals surface area contributed by atoms with Gasteiger partial charge < -0.3 is 15.4 Å². The quantitative estimate of drug-likeness (QED) is 0.808. The molecule has 0 atom stereocenters. The van der Waals surface area contributed by atoms with Crippen LogP contribution in [-0.2, 0) is 4.79 Å². The van der Waals surface area contributed by atoms with Crippen LogP contribution in [0.1, 0.15) is 51.4 Å². The molecule has 2 aliphatic rings. The lowest BCUT2D eigenvalue weighted by molar-refractivity contribution is -0.136. The average Bonchev–Trinajstić information content (AvgIpc) is 2.65. The van der Waals surface area contributed by atoms with E-state index in [0.29, 0.717) is 38.9 Å². The molecule has 1 aromatic rings. The van der Waals surface area contributed by atoms with Crippen LogP contribution < -0.4 is 10.5 Å². The molecule has 3 rings (SSSR count). The molecule has 1 amide bonds. The molecule has 152 valence electrons. The fraction of sp³-hybridized carbons (Fsp3) is 0.650. The zero-order chi connectivity index (χ0) is 18.6. The van der Waals surface area contributed by atoms with Crippen molar-refractivity contribution in [3.63, 3.8) is 0 Å². The normalized spacial score (nSPS) is 20.0. The monoisotopic (exact) mass is 402 g/mol. The number of halogens is 3. The lowest BCUT2D eigenvalue weighted by atomic mass is 9.71. The summed E-state index contributed by atoms with van der Waals surface area (Å²) < 4.78 is 32.3. The van der Waals surface area contributed by atoms with Crippen molar-refractivity contribution in [3.8, 4) is 5.75 Å². The van der Waals surface area contributed by atoms with Crippen LogP contribution in [0, 0.1) is 17.0 Å². The largest absolute Gasteiger partial charge is 0.487 e. The van der Waals surface area contributed by atoms with Crippen molar-refractivity contribution in [1.29, 1.82) is 0 Å². The van der Waals surface area contributed by atoms with Crippen LogP contribution >= 0.6 is 12.4 Å². The summed E-state index contributed by atoms with van der Waals surface area (Å²) >= 11 is 0. The van der Waals surface area contributed by atoms with Gasteiger partial charge in [0.05, 0.1) is 0 Å². The van der Waals surface area contributed by atoms with E-state index in [9.17, 15) is 13.6 Å². The molecule has 0 bridgehead atoms. The van der Waals surface area contributed by atoms with Gasteiger partial charge in [0.15, 0.2) is 11.6 Å². The molecule has 1 aliphatic heterocycles. The Morgan fingerprint density at radius 2 is 1.85 bits per heavy atom. The molecular formula is C20H29ClF2N2O2. The first-order valence-electron chi connectivity index (χ1n) is 9.61. The molecule has 2 fully saturated rings. The van der Waals surface area contributed by atoms with E-state index in [2.05, 4.69) is 0 Å². The molecule has 0 unspecified atom stereocenters. The van der Waals surface area contributed by atoms with Gasteiger partial charge in [0, 0.05) is 38.4 Å². The summed E-state index contributed by atoms with van der Waals surface area (Å²) in [5.41, 5.74) is 5.97. The Hall–Kier alpha value is -1.40. The number of ether oxygens (including phenoxy) is 1. The fourth-order valence-electron chi connectivity index (χ4n) is 4.16. The minimum absolute atomic E-state index is 0. The third kappa shape index (κ3) is 5.55. The highest BCUT2D eigenvalue weighted by atomic mass is 35.5. The summed E-state index contributed by atoms with van der Waals surface area (Å²) in [6.45, 7) is 1.78. The molecule has 1 aromatic carbocycles. The SMILES string of the molecule is Cl.NCC1(CC(=O)N2CCC(Oc3ccc(F)cc3F)CC2)CCCCC1. The highest BCUT2D eigenvalue weighted by Crippen LogP contribution is 2.39. The standard InChI is InChI=1S/C20H28F2N2O2.ClH/c21-15-4-5-18(17(22)12-15)26-16-6-10-24(11-7-16)19(25)13-20(14-23)8-2-1-3-9-20;/h4-5,12,16H,1-3,6-11,13-14,23H2;1H. The second-order valence-electron chi connectivity index (χ2n) is 7.71. The lowest BCUT2D eigenvalue weighted by Crippen LogP contribution is -2.45. The smallest absolute Gasteiger partial charge is 0.223 e. The van der Waals surface area contributed by atoms with Gasteiger partial charge in [0.1, 0.15) is 11.9 Å². The van der Waals surface area contributed by atoms with Crippen molar-refractivity contribution >= 4 is 18.3 Å². The van der Waals surface area contributed by atoms with Crippen LogP contribution in [0.3, 0.4) is 0 Å². The van der Waals surface area contributed by atoms with Crippen molar-refractivity contribution in [2.75, 3.05) is 19.6 Å². The number of rotatable bonds is 5. The highest BCUT2D eigenvalue weighted by molar-refractivity contribution is 5.85. The molecule has 27 heavy (non-hydrogen) atoms. The molecule has 2 N–H and O–H groups in total. The molecule has 1 saturated carbocycles. The molecule has 1 aliphatic carbocycles. The first kappa shape index (κ1) is 21.9. The van der Waals surface area contributed by atoms with E-state index in [-0.39, 0.29) is 35.6 Å². The third-order valence-corrected chi connectivity index (χ3v) is 5.86. The molecule has 1 heterocycles. The second-order valence-corrected chi connectivity index (χ2v) is 7.71. The van der Waals surface area contributed by atoms with Crippen LogP contribution in [-0.4, -0.2) is 36.5 Å². The number of hydrogen-bond acceptors (Lipinski definition) is 3. The van der Waals surface area contributed by atoms with Gasteiger partial charge in [-0.1, -0.05) is 19.3 Å². The number of carbonyl (C=O) groups is 1. The van der Waals surface area contributed by atoms with Crippen LogP contribution in [0.4, 0.5) is 8.78 Å². The van der Waals surface area contributed by atoms with Crippen LogP contribution in [0.25, 0.3) is 0 Å². The summed E-state index contributed by atoms with van der Waals surface area (Å²) in [6, 6.07) is 3.33. The molecule has 4 nitrogen and oxygen atoms in total. The number of piperidine rings is 1. The minimum atomic E-state index is -0.689. The molecule has 0 spiro atoms. The summed E-state index contributed by atoms with van der Waals surface area (Å²) in [5, 5.41) is 0. The van der Waals surface area contributed by atoms with E-state index in [1.807, 2.05) is 4.90 Å². The van der Waals surface area contributed by atoms with Crippen LogP contribution in [0.15, 0.2) is 18.2 Å². The van der Waals surface area contributed by atoms with Crippen molar-refractivity contribution < 1.29 is 18.3 Å². The molecule has 7 heteroatoms. The Balaban J connectivity index is 0.00000261. The zero-order valence-electron chi connectivity index (χ0n) is 15.6. The Morgan fingerprint density at radius 3 is 2.44 bits per heavy atom. The maximum Gasteiger partial charge on any atom is 0.223 e. The Labute approximate surface area is 165 Å². The van der Waals surface area contributed by atoms with E-state index in [0.717, 1.165) is 31.7 Å². The van der Waals surface area contributed by atoms with Crippen molar-refractivity contribution in [3.05, 3.63) is 29.8 Å². The number of likely N-dealkylation sites (tertiary alicyclic amines) is 1. The van der Waals surface area contributed by atoms with Crippen molar-refractivity contribution in [1.82, 2.24) is 4.90 Å². The maximum absolute atomic E-state index is 13.7. The summed E-state index contributed by atoms with van der Waals surface area (Å²) in [6.07, 6.45) is 7.30. The predicted molar refractivity (Wildman–Crippen MR) is 103 cm³/mol. The predicted octanol–water partition coefficient (Wildman–Crippen LogP) is 4.06. The van der Waals surface area contributed by atoms with Crippen molar-refractivity contribution in [2.45, 2.75) is 57.5 Å². The summed E-state index contributed by atoms with van der Waals surface area (Å²) in [4.78, 5) is 14.6. The molecular weight excluding hydrogens is 374 g/mol. The van der Waals surface area contributed by atoms with Crippen LogP contribution in [0.2, 0.25) is 0 Å². The second kappa shape index (κ2) is 9.69. The highest BCUT2D eigenvalue weighted by Gasteiger charge is 2.35. The van der Waals surface area contributed by atoms with Gasteiger partial charge >= 0.3 is 0 Å². The molecule has 1 saturated heterocycles. The van der Waals surface area contributed by atoms with Gasteiger partial charge in [-0.15, -0.1) is 12.4 Å². The Morgan fingerprint density at radius 1 is 1.19 bits per heavy atom. The third-order valence-electron chi connectivity index (χ3n) is 5.86. The number of nitrogens with zero attached hydrogens (tertiary/aromatic N) is 1. The van der Waals surface area contributed by atoms with Gasteiger partial charge in [-0.2, -0.15) is 0 Å². The van der Waals surface area contributed by atoms with Gasteiger partial charge in [0.2, 0.25) is 5.91 Å². The summed E-state index contributed by atoms with van der Waals surface area (Å²) in [7, 11) is 0. The summed E-state index contributed by atoms with van der Waals surface area (Å²) in [5.74, 6) is -1.07. The number of nitrogens with two attached hydrogens (primary N) is 1.